The summed E-state index contributed by atoms with van der Waals surface area (Å²) in [5.41, 5.74) is 5.20. The van der Waals surface area contributed by atoms with Gasteiger partial charge >= 0.3 is 0 Å². The van der Waals surface area contributed by atoms with E-state index in [-0.39, 0.29) is 0 Å². The van der Waals surface area contributed by atoms with Gasteiger partial charge in [-0.05, 0) is 36.6 Å². The van der Waals surface area contributed by atoms with Crippen molar-refractivity contribution in [2.75, 3.05) is 5.32 Å². The van der Waals surface area contributed by atoms with Gasteiger partial charge in [0.1, 0.15) is 0 Å². The molecule has 2 aromatic rings. The van der Waals surface area contributed by atoms with Gasteiger partial charge in [-0.25, -0.2) is 0 Å². The minimum absolute atomic E-state index is 0.880. The van der Waals surface area contributed by atoms with Gasteiger partial charge in [0.25, 0.3) is 5.09 Å². The first-order chi connectivity index (χ1) is 9.50. The fourth-order valence-corrected chi connectivity index (χ4v) is 1.74. The molecule has 0 aromatic heterocycles. The zero-order chi connectivity index (χ0) is 15.0. The van der Waals surface area contributed by atoms with E-state index >= 15 is 0 Å². The number of rotatable bonds is 3. The topological polar surface area (TPSA) is 75.4 Å². The van der Waals surface area contributed by atoms with Crippen LogP contribution < -0.4 is 5.32 Å². The minimum atomic E-state index is -1.50. The Morgan fingerprint density at radius 3 is 2.30 bits per heavy atom. The second-order valence-corrected chi connectivity index (χ2v) is 4.32. The molecule has 0 spiro atoms. The van der Waals surface area contributed by atoms with Crippen LogP contribution in [-0.2, 0) is 6.54 Å². The Balaban J connectivity index is 0.000000444. The van der Waals surface area contributed by atoms with Crippen LogP contribution in [0.1, 0.15) is 16.7 Å². The Kier molecular flexibility index (Phi) is 6.03. The van der Waals surface area contributed by atoms with E-state index in [4.69, 9.17) is 15.3 Å². The Bertz CT molecular complexity index is 552. The molecular weight excluding hydrogens is 256 g/mol. The second kappa shape index (κ2) is 7.78. The molecule has 0 aliphatic rings. The van der Waals surface area contributed by atoms with Gasteiger partial charge < -0.3 is 10.5 Å². The molecule has 0 fully saturated rings. The summed E-state index contributed by atoms with van der Waals surface area (Å²) in [7, 11) is 0. The van der Waals surface area contributed by atoms with E-state index in [1.54, 1.807) is 0 Å². The number of nitrogens with zero attached hydrogens (tertiary/aromatic N) is 1. The Labute approximate surface area is 118 Å². The number of anilines is 1. The van der Waals surface area contributed by atoms with Crippen molar-refractivity contribution in [2.24, 2.45) is 0 Å². The zero-order valence-corrected chi connectivity index (χ0v) is 11.5. The molecule has 0 unspecified atom stereocenters. The van der Waals surface area contributed by atoms with Crippen molar-refractivity contribution in [1.82, 2.24) is 0 Å². The monoisotopic (exact) mass is 274 g/mol. The molecular formula is C15H18N2O3. The van der Waals surface area contributed by atoms with Crippen molar-refractivity contribution in [3.63, 3.8) is 0 Å². The van der Waals surface area contributed by atoms with Gasteiger partial charge in [0.05, 0.1) is 0 Å². The van der Waals surface area contributed by atoms with E-state index in [1.807, 2.05) is 6.07 Å². The summed E-state index contributed by atoms with van der Waals surface area (Å²) in [5, 5.41) is 17.1. The lowest BCUT2D eigenvalue weighted by molar-refractivity contribution is -0.742. The van der Waals surface area contributed by atoms with Gasteiger partial charge in [0, 0.05) is 12.2 Å². The molecule has 0 atom stereocenters. The molecule has 0 aliphatic carbocycles. The molecule has 0 saturated carbocycles. The Hall–Kier alpha value is -2.56. The lowest BCUT2D eigenvalue weighted by atomic mass is 10.1. The first-order valence-corrected chi connectivity index (χ1v) is 6.18. The van der Waals surface area contributed by atoms with E-state index in [2.05, 4.69) is 61.6 Å². The molecule has 0 amide bonds. The minimum Gasteiger partial charge on any atom is -0.381 e. The largest absolute Gasteiger partial charge is 0.381 e. The molecule has 0 radical (unpaired) electrons. The summed E-state index contributed by atoms with van der Waals surface area (Å²) in [4.78, 5) is 8.36. The smallest absolute Gasteiger partial charge is 0.291 e. The number of aryl methyl sites for hydroxylation is 1. The number of hydrogen-bond donors (Lipinski definition) is 2. The highest BCUT2D eigenvalue weighted by atomic mass is 16.9. The van der Waals surface area contributed by atoms with Gasteiger partial charge in [-0.15, -0.1) is 10.1 Å². The average Bonchev–Trinajstić information content (AvgIpc) is 2.41. The van der Waals surface area contributed by atoms with Crippen molar-refractivity contribution >= 4 is 5.69 Å². The Morgan fingerprint density at radius 1 is 1.10 bits per heavy atom. The van der Waals surface area contributed by atoms with E-state index in [0.29, 0.717) is 0 Å². The third-order valence-corrected chi connectivity index (χ3v) is 2.93. The normalized spacial score (nSPS) is 9.30. The molecule has 5 nitrogen and oxygen atoms in total. The second-order valence-electron chi connectivity index (χ2n) is 4.32. The van der Waals surface area contributed by atoms with Crippen molar-refractivity contribution < 1.29 is 10.3 Å². The van der Waals surface area contributed by atoms with E-state index in [0.717, 1.165) is 6.54 Å². The zero-order valence-electron chi connectivity index (χ0n) is 11.5. The standard InChI is InChI=1S/C15H17N.HNO3/c1-12-7-6-10-15(13(12)2)16-11-14-8-4-3-5-9-14;2-1(3)4/h3-10,16H,11H2,1-2H3;(H,2,3,4). The molecule has 0 heterocycles. The van der Waals surface area contributed by atoms with Crippen LogP contribution in [-0.4, -0.2) is 10.3 Å². The lowest BCUT2D eigenvalue weighted by Crippen LogP contribution is -2.01. The summed E-state index contributed by atoms with van der Waals surface area (Å²) in [6, 6.07) is 16.8. The van der Waals surface area contributed by atoms with Crippen LogP contribution in [0.5, 0.6) is 0 Å². The van der Waals surface area contributed by atoms with Gasteiger partial charge in [0.2, 0.25) is 0 Å². The van der Waals surface area contributed by atoms with Crippen LogP contribution in [0.3, 0.4) is 0 Å². The molecule has 0 bridgehead atoms. The van der Waals surface area contributed by atoms with Crippen LogP contribution in [0, 0.1) is 24.0 Å². The molecule has 106 valence electrons. The molecule has 20 heavy (non-hydrogen) atoms. The van der Waals surface area contributed by atoms with Gasteiger partial charge in [0.15, 0.2) is 0 Å². The molecule has 5 heteroatoms. The maximum atomic E-state index is 8.36. The van der Waals surface area contributed by atoms with Crippen LogP contribution in [0.25, 0.3) is 0 Å². The van der Waals surface area contributed by atoms with E-state index in [9.17, 15) is 0 Å². The predicted molar refractivity (Wildman–Crippen MR) is 78.5 cm³/mol. The quantitative estimate of drug-likeness (QED) is 0.662. The first kappa shape index (κ1) is 15.5. The average molecular weight is 274 g/mol. The summed E-state index contributed by atoms with van der Waals surface area (Å²) >= 11 is 0. The highest BCUT2D eigenvalue weighted by Crippen LogP contribution is 2.18. The maximum Gasteiger partial charge on any atom is 0.291 e. The molecule has 0 saturated heterocycles. The van der Waals surface area contributed by atoms with E-state index in [1.165, 1.54) is 22.4 Å². The fourth-order valence-electron chi connectivity index (χ4n) is 1.74. The number of nitrogens with one attached hydrogen (secondary N) is 1. The summed E-state index contributed by atoms with van der Waals surface area (Å²) < 4.78 is 0. The van der Waals surface area contributed by atoms with Crippen LogP contribution >= 0.6 is 0 Å². The van der Waals surface area contributed by atoms with Crippen LogP contribution in [0.2, 0.25) is 0 Å². The van der Waals surface area contributed by atoms with E-state index < -0.39 is 5.09 Å². The van der Waals surface area contributed by atoms with Crippen LogP contribution in [0.4, 0.5) is 5.69 Å². The summed E-state index contributed by atoms with van der Waals surface area (Å²) in [6.45, 7) is 5.18. The summed E-state index contributed by atoms with van der Waals surface area (Å²) in [6.07, 6.45) is 0. The highest BCUT2D eigenvalue weighted by molar-refractivity contribution is 5.53. The molecule has 0 aliphatic heterocycles. The SMILES string of the molecule is Cc1cccc(NCc2ccccc2)c1C.O=[N+]([O-])O. The van der Waals surface area contributed by atoms with Crippen molar-refractivity contribution in [3.8, 4) is 0 Å². The maximum absolute atomic E-state index is 8.36. The van der Waals surface area contributed by atoms with Crippen LogP contribution in [0.15, 0.2) is 48.5 Å². The van der Waals surface area contributed by atoms with Gasteiger partial charge in [-0.1, -0.05) is 42.5 Å². The first-order valence-electron chi connectivity index (χ1n) is 6.18. The number of benzene rings is 2. The summed E-state index contributed by atoms with van der Waals surface area (Å²) in [5.74, 6) is 0. The third kappa shape index (κ3) is 5.39. The van der Waals surface area contributed by atoms with Crippen molar-refractivity contribution in [1.29, 1.82) is 0 Å². The van der Waals surface area contributed by atoms with Crippen molar-refractivity contribution in [3.05, 3.63) is 75.3 Å². The Morgan fingerprint density at radius 2 is 1.70 bits per heavy atom. The number of hydrogen-bond acceptors (Lipinski definition) is 3. The van der Waals surface area contributed by atoms with Gasteiger partial charge in [-0.2, -0.15) is 0 Å². The van der Waals surface area contributed by atoms with Gasteiger partial charge in [-0.3, -0.25) is 0 Å². The predicted octanol–water partition coefficient (Wildman–Crippen LogP) is 3.57. The fraction of sp³-hybridized carbons (Fsp3) is 0.200. The third-order valence-electron chi connectivity index (χ3n) is 2.93. The van der Waals surface area contributed by atoms with Crippen molar-refractivity contribution in [2.45, 2.75) is 20.4 Å². The highest BCUT2D eigenvalue weighted by Gasteiger charge is 1.99. The lowest BCUT2D eigenvalue weighted by Gasteiger charge is -2.11. The molecule has 2 rings (SSSR count). The molecule has 2 aromatic carbocycles. The molecule has 2 N–H and O–H groups in total.